The molecule has 21 heavy (non-hydrogen) atoms. The molecule has 0 radical (unpaired) electrons. The van der Waals surface area contributed by atoms with Gasteiger partial charge in [-0.1, -0.05) is 40.9 Å². The number of hydrogen-bond donors (Lipinski definition) is 1. The number of nitrogens with one attached hydrogen (secondary N) is 1. The van der Waals surface area contributed by atoms with E-state index < -0.39 is 0 Å². The van der Waals surface area contributed by atoms with Gasteiger partial charge in [0.15, 0.2) is 5.78 Å². The van der Waals surface area contributed by atoms with Gasteiger partial charge in [0, 0.05) is 28.5 Å². The zero-order valence-corrected chi connectivity index (χ0v) is 13.3. The van der Waals surface area contributed by atoms with Crippen molar-refractivity contribution < 1.29 is 4.79 Å². The summed E-state index contributed by atoms with van der Waals surface area (Å²) in [5.74, 6) is -0.172. The van der Waals surface area contributed by atoms with Crippen LogP contribution in [0.1, 0.15) is 21.5 Å². The van der Waals surface area contributed by atoms with Gasteiger partial charge in [-0.15, -0.1) is 0 Å². The highest BCUT2D eigenvalue weighted by molar-refractivity contribution is 6.37. The number of allylic oxidation sites excluding steroid dienone is 1. The number of hydrogen-bond acceptors (Lipinski definition) is 2. The molecule has 0 spiro atoms. The molecule has 2 rings (SSSR count). The average molecular weight is 320 g/mol. The number of ketones is 1. The second-order valence-electron chi connectivity index (χ2n) is 4.78. The molecule has 0 aromatic heterocycles. The van der Waals surface area contributed by atoms with Crippen molar-refractivity contribution in [2.24, 2.45) is 0 Å². The van der Waals surface area contributed by atoms with Crippen molar-refractivity contribution in [3.8, 4) is 0 Å². The van der Waals surface area contributed by atoms with Crippen molar-refractivity contribution in [1.29, 1.82) is 0 Å². The fourth-order valence-corrected chi connectivity index (χ4v) is 2.46. The van der Waals surface area contributed by atoms with Gasteiger partial charge in [-0.05, 0) is 43.7 Å². The van der Waals surface area contributed by atoms with Gasteiger partial charge in [0.05, 0.1) is 5.02 Å². The van der Waals surface area contributed by atoms with E-state index in [1.807, 2.05) is 26.0 Å². The van der Waals surface area contributed by atoms with Crippen molar-refractivity contribution in [2.45, 2.75) is 13.8 Å². The zero-order valence-electron chi connectivity index (χ0n) is 11.8. The van der Waals surface area contributed by atoms with Crippen LogP contribution >= 0.6 is 23.2 Å². The molecule has 0 fully saturated rings. The van der Waals surface area contributed by atoms with Gasteiger partial charge < -0.3 is 5.32 Å². The molecule has 0 aliphatic carbocycles. The fourth-order valence-electron chi connectivity index (χ4n) is 1.96. The normalized spacial score (nSPS) is 10.9. The Morgan fingerprint density at radius 1 is 1.10 bits per heavy atom. The smallest absolute Gasteiger partial charge is 0.188 e. The highest BCUT2D eigenvalue weighted by atomic mass is 35.5. The lowest BCUT2D eigenvalue weighted by molar-refractivity contribution is 0.104. The molecular weight excluding hydrogens is 305 g/mol. The number of benzene rings is 2. The topological polar surface area (TPSA) is 29.1 Å². The van der Waals surface area contributed by atoms with E-state index in [1.54, 1.807) is 24.4 Å². The molecule has 0 unspecified atom stereocenters. The number of rotatable bonds is 4. The molecule has 108 valence electrons. The van der Waals surface area contributed by atoms with E-state index in [4.69, 9.17) is 23.2 Å². The van der Waals surface area contributed by atoms with Crippen LogP contribution in [0.3, 0.4) is 0 Å². The Morgan fingerprint density at radius 2 is 1.86 bits per heavy atom. The van der Waals surface area contributed by atoms with Crippen molar-refractivity contribution in [1.82, 2.24) is 0 Å². The van der Waals surface area contributed by atoms with E-state index >= 15 is 0 Å². The van der Waals surface area contributed by atoms with Crippen LogP contribution in [0.4, 0.5) is 5.69 Å². The van der Waals surface area contributed by atoms with E-state index in [9.17, 15) is 4.79 Å². The highest BCUT2D eigenvalue weighted by Gasteiger charge is 2.07. The summed E-state index contributed by atoms with van der Waals surface area (Å²) in [5.41, 5.74) is 3.72. The Bertz CT molecular complexity index is 708. The molecule has 2 aromatic carbocycles. The first-order valence-electron chi connectivity index (χ1n) is 6.47. The molecule has 0 atom stereocenters. The molecule has 2 nitrogen and oxygen atoms in total. The minimum atomic E-state index is -0.172. The maximum Gasteiger partial charge on any atom is 0.188 e. The summed E-state index contributed by atoms with van der Waals surface area (Å²) in [7, 11) is 0. The zero-order chi connectivity index (χ0) is 15.4. The Morgan fingerprint density at radius 3 is 2.52 bits per heavy atom. The first-order chi connectivity index (χ1) is 9.97. The average Bonchev–Trinajstić information content (AvgIpc) is 2.41. The third-order valence-corrected chi connectivity index (χ3v) is 3.60. The van der Waals surface area contributed by atoms with Gasteiger partial charge in [0.1, 0.15) is 0 Å². The Hall–Kier alpha value is -1.77. The maximum absolute atomic E-state index is 12.1. The van der Waals surface area contributed by atoms with E-state index in [2.05, 4.69) is 11.4 Å². The van der Waals surface area contributed by atoms with Crippen LogP contribution in [0.25, 0.3) is 0 Å². The molecule has 1 N–H and O–H groups in total. The largest absolute Gasteiger partial charge is 0.361 e. The molecular formula is C17H15Cl2NO. The molecule has 4 heteroatoms. The van der Waals surface area contributed by atoms with Crippen LogP contribution in [-0.2, 0) is 0 Å². The van der Waals surface area contributed by atoms with Crippen molar-refractivity contribution in [3.63, 3.8) is 0 Å². The van der Waals surface area contributed by atoms with Gasteiger partial charge in [-0.25, -0.2) is 0 Å². The molecule has 0 aliphatic rings. The van der Waals surface area contributed by atoms with Gasteiger partial charge in [-0.3, -0.25) is 4.79 Å². The lowest BCUT2D eigenvalue weighted by atomic mass is 10.1. The van der Waals surface area contributed by atoms with Gasteiger partial charge in [0.25, 0.3) is 0 Å². The van der Waals surface area contributed by atoms with Gasteiger partial charge >= 0.3 is 0 Å². The van der Waals surface area contributed by atoms with Crippen LogP contribution < -0.4 is 5.32 Å². The van der Waals surface area contributed by atoms with E-state index in [1.165, 1.54) is 11.6 Å². The number of anilines is 1. The summed E-state index contributed by atoms with van der Waals surface area (Å²) in [6.07, 6.45) is 3.07. The lowest BCUT2D eigenvalue weighted by Crippen LogP contribution is -1.98. The summed E-state index contributed by atoms with van der Waals surface area (Å²) in [6.45, 7) is 4.06. The second-order valence-corrected chi connectivity index (χ2v) is 5.63. The molecule has 0 amide bonds. The number of carbonyl (C=O) groups is 1. The first kappa shape index (κ1) is 15.6. The van der Waals surface area contributed by atoms with Crippen molar-refractivity contribution >= 4 is 34.7 Å². The first-order valence-corrected chi connectivity index (χ1v) is 7.22. The van der Waals surface area contributed by atoms with E-state index in [0.29, 0.717) is 15.6 Å². The lowest BCUT2D eigenvalue weighted by Gasteiger charge is -2.06. The molecule has 0 aliphatic heterocycles. The monoisotopic (exact) mass is 319 g/mol. The second kappa shape index (κ2) is 6.79. The van der Waals surface area contributed by atoms with E-state index in [-0.39, 0.29) is 5.78 Å². The molecule has 2 aromatic rings. The van der Waals surface area contributed by atoms with Crippen LogP contribution in [-0.4, -0.2) is 5.78 Å². The van der Waals surface area contributed by atoms with Crippen molar-refractivity contribution in [2.75, 3.05) is 5.32 Å². The Balaban J connectivity index is 2.08. The summed E-state index contributed by atoms with van der Waals surface area (Å²) in [4.78, 5) is 12.1. The molecule has 0 saturated carbocycles. The minimum absolute atomic E-state index is 0.172. The minimum Gasteiger partial charge on any atom is -0.361 e. The third-order valence-electron chi connectivity index (χ3n) is 3.05. The quantitative estimate of drug-likeness (QED) is 0.602. The van der Waals surface area contributed by atoms with Crippen LogP contribution in [0.5, 0.6) is 0 Å². The predicted molar refractivity (Wildman–Crippen MR) is 89.5 cm³/mol. The van der Waals surface area contributed by atoms with E-state index in [0.717, 1.165) is 11.3 Å². The van der Waals surface area contributed by atoms with Gasteiger partial charge in [0.2, 0.25) is 0 Å². The van der Waals surface area contributed by atoms with Crippen LogP contribution in [0, 0.1) is 13.8 Å². The molecule has 0 bridgehead atoms. The van der Waals surface area contributed by atoms with Crippen molar-refractivity contribution in [3.05, 3.63) is 75.4 Å². The molecule has 0 saturated heterocycles. The predicted octanol–water partition coefficient (Wildman–Crippen LogP) is 5.42. The van der Waals surface area contributed by atoms with Gasteiger partial charge in [-0.2, -0.15) is 0 Å². The fraction of sp³-hybridized carbons (Fsp3) is 0.118. The van der Waals surface area contributed by atoms with Crippen LogP contribution in [0.15, 0.2) is 48.7 Å². The number of carbonyl (C=O) groups excluding carboxylic acids is 1. The third kappa shape index (κ3) is 4.10. The summed E-state index contributed by atoms with van der Waals surface area (Å²) < 4.78 is 0. The SMILES string of the molecule is Cc1ccc(N/C=C/C(=O)c2ccc(Cl)cc2Cl)c(C)c1. The number of halogens is 2. The number of aryl methyl sites for hydroxylation is 2. The maximum atomic E-state index is 12.1. The standard InChI is InChI=1S/C17H15Cl2NO/c1-11-3-6-16(12(2)9-11)20-8-7-17(21)14-5-4-13(18)10-15(14)19/h3-10,20H,1-2H3/b8-7+. The Kier molecular flexibility index (Phi) is 5.05. The molecule has 0 heterocycles. The highest BCUT2D eigenvalue weighted by Crippen LogP contribution is 2.22. The summed E-state index contributed by atoms with van der Waals surface area (Å²) >= 11 is 11.8. The summed E-state index contributed by atoms with van der Waals surface area (Å²) in [6, 6.07) is 10.9. The summed E-state index contributed by atoms with van der Waals surface area (Å²) in [5, 5.41) is 3.96. The van der Waals surface area contributed by atoms with Crippen LogP contribution in [0.2, 0.25) is 10.0 Å². The Labute approximate surface area is 134 Å².